The SMILES string of the molecule is CC(CNc1nsnc1Cl)N1CCCCC1. The summed E-state index contributed by atoms with van der Waals surface area (Å²) in [6.45, 7) is 5.55. The van der Waals surface area contributed by atoms with Crippen molar-refractivity contribution in [3.8, 4) is 0 Å². The van der Waals surface area contributed by atoms with Crippen molar-refractivity contribution in [2.24, 2.45) is 0 Å². The van der Waals surface area contributed by atoms with Gasteiger partial charge in [0.2, 0.25) is 0 Å². The lowest BCUT2D eigenvalue weighted by Gasteiger charge is -2.32. The minimum absolute atomic E-state index is 0.482. The van der Waals surface area contributed by atoms with E-state index in [1.54, 1.807) is 0 Å². The summed E-state index contributed by atoms with van der Waals surface area (Å²) in [5.74, 6) is 0.718. The molecule has 1 unspecified atom stereocenters. The number of nitrogens with zero attached hydrogens (tertiary/aromatic N) is 3. The second-order valence-corrected chi connectivity index (χ2v) is 5.12. The number of likely N-dealkylation sites (tertiary alicyclic amines) is 1. The molecule has 1 N–H and O–H groups in total. The molecule has 1 atom stereocenters. The third-order valence-corrected chi connectivity index (χ3v) is 3.92. The van der Waals surface area contributed by atoms with Crippen LogP contribution in [-0.4, -0.2) is 39.3 Å². The van der Waals surface area contributed by atoms with Crippen molar-refractivity contribution < 1.29 is 0 Å². The Morgan fingerprint density at radius 2 is 2.12 bits per heavy atom. The lowest BCUT2D eigenvalue weighted by molar-refractivity contribution is 0.180. The van der Waals surface area contributed by atoms with Gasteiger partial charge in [0, 0.05) is 12.6 Å². The molecule has 0 spiro atoms. The first-order valence-electron chi connectivity index (χ1n) is 5.73. The van der Waals surface area contributed by atoms with Gasteiger partial charge in [-0.1, -0.05) is 18.0 Å². The van der Waals surface area contributed by atoms with Crippen molar-refractivity contribution in [1.29, 1.82) is 0 Å². The number of hydrogen-bond acceptors (Lipinski definition) is 5. The fourth-order valence-electron chi connectivity index (χ4n) is 2.02. The third-order valence-electron chi connectivity index (χ3n) is 3.03. The Morgan fingerprint density at radius 1 is 1.38 bits per heavy atom. The van der Waals surface area contributed by atoms with Crippen LogP contribution in [0.25, 0.3) is 0 Å². The summed E-state index contributed by atoms with van der Waals surface area (Å²) < 4.78 is 8.03. The Kier molecular flexibility index (Phi) is 4.37. The molecular formula is C10H17ClN4S. The van der Waals surface area contributed by atoms with Crippen LogP contribution in [0.5, 0.6) is 0 Å². The molecule has 16 heavy (non-hydrogen) atoms. The van der Waals surface area contributed by atoms with E-state index >= 15 is 0 Å². The van der Waals surface area contributed by atoms with Gasteiger partial charge in [-0.3, -0.25) is 4.90 Å². The van der Waals surface area contributed by atoms with Crippen molar-refractivity contribution >= 4 is 29.1 Å². The zero-order chi connectivity index (χ0) is 11.4. The molecule has 4 nitrogen and oxygen atoms in total. The molecule has 0 aromatic carbocycles. The Labute approximate surface area is 105 Å². The zero-order valence-corrected chi connectivity index (χ0v) is 11.0. The average Bonchev–Trinajstić information content (AvgIpc) is 2.73. The van der Waals surface area contributed by atoms with E-state index in [4.69, 9.17) is 11.6 Å². The monoisotopic (exact) mass is 260 g/mol. The minimum atomic E-state index is 0.482. The van der Waals surface area contributed by atoms with Crippen LogP contribution in [0.3, 0.4) is 0 Å². The number of hydrogen-bond donors (Lipinski definition) is 1. The molecule has 1 saturated heterocycles. The predicted octanol–water partition coefficient (Wildman–Crippen LogP) is 2.48. The van der Waals surface area contributed by atoms with E-state index in [9.17, 15) is 0 Å². The maximum absolute atomic E-state index is 5.87. The second-order valence-electron chi connectivity index (χ2n) is 4.23. The molecule has 0 amide bonds. The molecule has 1 aromatic rings. The summed E-state index contributed by atoms with van der Waals surface area (Å²) in [6.07, 6.45) is 4.02. The minimum Gasteiger partial charge on any atom is -0.365 e. The fourth-order valence-corrected chi connectivity index (χ4v) is 2.70. The highest BCUT2D eigenvalue weighted by molar-refractivity contribution is 6.99. The number of piperidine rings is 1. The normalized spacial score (nSPS) is 19.6. The number of halogens is 1. The van der Waals surface area contributed by atoms with E-state index in [-0.39, 0.29) is 0 Å². The van der Waals surface area contributed by atoms with E-state index in [0.717, 1.165) is 24.1 Å². The summed E-state index contributed by atoms with van der Waals surface area (Å²) in [5, 5.41) is 3.74. The van der Waals surface area contributed by atoms with Crippen molar-refractivity contribution in [3.63, 3.8) is 0 Å². The molecule has 2 heterocycles. The summed E-state index contributed by atoms with van der Waals surface area (Å²) in [6, 6.07) is 0.526. The fraction of sp³-hybridized carbons (Fsp3) is 0.800. The largest absolute Gasteiger partial charge is 0.365 e. The number of rotatable bonds is 4. The van der Waals surface area contributed by atoms with E-state index in [1.165, 1.54) is 32.4 Å². The first-order chi connectivity index (χ1) is 7.77. The summed E-state index contributed by atoms with van der Waals surface area (Å²) in [7, 11) is 0. The van der Waals surface area contributed by atoms with Crippen LogP contribution in [0.4, 0.5) is 5.82 Å². The second kappa shape index (κ2) is 5.80. The molecule has 0 bridgehead atoms. The summed E-state index contributed by atoms with van der Waals surface area (Å²) >= 11 is 7.02. The van der Waals surface area contributed by atoms with Crippen molar-refractivity contribution in [2.75, 3.05) is 25.0 Å². The molecule has 1 aliphatic rings. The lowest BCUT2D eigenvalue weighted by atomic mass is 10.1. The molecule has 0 aliphatic carbocycles. The Morgan fingerprint density at radius 3 is 2.75 bits per heavy atom. The lowest BCUT2D eigenvalue weighted by Crippen LogP contribution is -2.41. The predicted molar refractivity (Wildman–Crippen MR) is 68.3 cm³/mol. The van der Waals surface area contributed by atoms with Crippen molar-refractivity contribution in [1.82, 2.24) is 13.6 Å². The molecule has 0 radical (unpaired) electrons. The van der Waals surface area contributed by atoms with Crippen LogP contribution >= 0.6 is 23.3 Å². The van der Waals surface area contributed by atoms with Crippen molar-refractivity contribution in [2.45, 2.75) is 32.2 Å². The first kappa shape index (κ1) is 12.1. The van der Waals surface area contributed by atoms with Crippen LogP contribution in [0, 0.1) is 0 Å². The van der Waals surface area contributed by atoms with Gasteiger partial charge in [-0.25, -0.2) is 0 Å². The number of aromatic nitrogens is 2. The Bertz CT molecular complexity index is 324. The molecule has 90 valence electrons. The molecule has 1 aromatic heterocycles. The van der Waals surface area contributed by atoms with Gasteiger partial charge in [-0.15, -0.1) is 0 Å². The quantitative estimate of drug-likeness (QED) is 0.903. The average molecular weight is 261 g/mol. The molecule has 1 aliphatic heterocycles. The van der Waals surface area contributed by atoms with Gasteiger partial charge in [-0.05, 0) is 32.9 Å². The van der Waals surface area contributed by atoms with Crippen LogP contribution < -0.4 is 5.32 Å². The van der Waals surface area contributed by atoms with E-state index < -0.39 is 0 Å². The van der Waals surface area contributed by atoms with Gasteiger partial charge in [0.15, 0.2) is 11.0 Å². The third kappa shape index (κ3) is 3.06. The van der Waals surface area contributed by atoms with Crippen LogP contribution in [-0.2, 0) is 0 Å². The highest BCUT2D eigenvalue weighted by Gasteiger charge is 2.17. The van der Waals surface area contributed by atoms with Gasteiger partial charge in [0.1, 0.15) is 0 Å². The molecular weight excluding hydrogens is 244 g/mol. The summed E-state index contributed by atoms with van der Waals surface area (Å²) in [4.78, 5) is 2.52. The van der Waals surface area contributed by atoms with Gasteiger partial charge < -0.3 is 5.32 Å². The van der Waals surface area contributed by atoms with Gasteiger partial charge in [-0.2, -0.15) is 8.75 Å². The van der Waals surface area contributed by atoms with Gasteiger partial charge >= 0.3 is 0 Å². The maximum atomic E-state index is 5.87. The van der Waals surface area contributed by atoms with Gasteiger partial charge in [0.25, 0.3) is 0 Å². The number of anilines is 1. The standard InChI is InChI=1S/C10H17ClN4S/c1-8(15-5-3-2-4-6-15)7-12-10-9(11)13-16-14-10/h8H,2-7H2,1H3,(H,12,14). The first-order valence-corrected chi connectivity index (χ1v) is 6.84. The highest BCUT2D eigenvalue weighted by atomic mass is 35.5. The van der Waals surface area contributed by atoms with E-state index in [2.05, 4.69) is 25.9 Å². The Balaban J connectivity index is 1.78. The van der Waals surface area contributed by atoms with Crippen molar-refractivity contribution in [3.05, 3.63) is 5.15 Å². The highest BCUT2D eigenvalue weighted by Crippen LogP contribution is 2.18. The smallest absolute Gasteiger partial charge is 0.186 e. The summed E-state index contributed by atoms with van der Waals surface area (Å²) in [5.41, 5.74) is 0. The topological polar surface area (TPSA) is 41.1 Å². The molecule has 2 rings (SSSR count). The van der Waals surface area contributed by atoms with Crippen LogP contribution in [0.2, 0.25) is 5.15 Å². The number of nitrogens with one attached hydrogen (secondary N) is 1. The molecule has 1 fully saturated rings. The maximum Gasteiger partial charge on any atom is 0.186 e. The zero-order valence-electron chi connectivity index (χ0n) is 9.45. The molecule has 6 heteroatoms. The van der Waals surface area contributed by atoms with E-state index in [1.807, 2.05) is 0 Å². The van der Waals surface area contributed by atoms with Crippen LogP contribution in [0.1, 0.15) is 26.2 Å². The van der Waals surface area contributed by atoms with E-state index in [0.29, 0.717) is 11.2 Å². The molecule has 0 saturated carbocycles. The Hall–Kier alpha value is -0.390. The van der Waals surface area contributed by atoms with Crippen LogP contribution in [0.15, 0.2) is 0 Å². The van der Waals surface area contributed by atoms with Gasteiger partial charge in [0.05, 0.1) is 11.7 Å².